The highest BCUT2D eigenvalue weighted by atomic mass is 16.5. The molecule has 0 saturated carbocycles. The SMILES string of the molecule is C[C@@H](N)c1ccc(N2CC(C)(C)OC(C)(C)C2)cn1. The second kappa shape index (κ2) is 4.76. The third-order valence-corrected chi connectivity index (χ3v) is 3.30. The van der Waals surface area contributed by atoms with Gasteiger partial charge in [-0.05, 0) is 46.8 Å². The van der Waals surface area contributed by atoms with Crippen molar-refractivity contribution in [3.05, 3.63) is 24.0 Å². The number of ether oxygens (including phenoxy) is 1. The van der Waals surface area contributed by atoms with Crippen molar-refractivity contribution in [3.8, 4) is 0 Å². The van der Waals surface area contributed by atoms with Gasteiger partial charge in [0, 0.05) is 19.1 Å². The van der Waals surface area contributed by atoms with E-state index in [1.165, 1.54) is 0 Å². The summed E-state index contributed by atoms with van der Waals surface area (Å²) in [5.41, 5.74) is 7.59. The Morgan fingerprint density at radius 3 is 2.21 bits per heavy atom. The Bertz CT molecular complexity index is 421. The number of pyridine rings is 1. The van der Waals surface area contributed by atoms with Crippen LogP contribution in [0.5, 0.6) is 0 Å². The van der Waals surface area contributed by atoms with Crippen molar-refractivity contribution in [2.24, 2.45) is 5.73 Å². The van der Waals surface area contributed by atoms with Gasteiger partial charge in [-0.25, -0.2) is 0 Å². The number of hydrogen-bond acceptors (Lipinski definition) is 4. The van der Waals surface area contributed by atoms with E-state index in [1.54, 1.807) is 0 Å². The van der Waals surface area contributed by atoms with Gasteiger partial charge in [0.05, 0.1) is 28.8 Å². The van der Waals surface area contributed by atoms with E-state index in [4.69, 9.17) is 10.5 Å². The first-order valence-corrected chi connectivity index (χ1v) is 6.85. The molecule has 2 rings (SSSR count). The van der Waals surface area contributed by atoms with Gasteiger partial charge >= 0.3 is 0 Å². The molecule has 1 aliphatic heterocycles. The van der Waals surface area contributed by atoms with E-state index in [-0.39, 0.29) is 17.2 Å². The number of morpholine rings is 1. The summed E-state index contributed by atoms with van der Waals surface area (Å²) in [6, 6.07) is 4.09. The molecule has 0 aromatic carbocycles. The van der Waals surface area contributed by atoms with Crippen molar-refractivity contribution in [2.45, 2.75) is 51.9 Å². The molecule has 4 nitrogen and oxygen atoms in total. The summed E-state index contributed by atoms with van der Waals surface area (Å²) < 4.78 is 6.09. The van der Waals surface area contributed by atoms with E-state index in [1.807, 2.05) is 19.2 Å². The molecule has 1 aliphatic rings. The molecule has 2 N–H and O–H groups in total. The molecule has 106 valence electrons. The molecule has 4 heteroatoms. The minimum absolute atomic E-state index is 0.0216. The quantitative estimate of drug-likeness (QED) is 0.890. The fourth-order valence-electron chi connectivity index (χ4n) is 2.82. The molecule has 0 bridgehead atoms. The summed E-state index contributed by atoms with van der Waals surface area (Å²) >= 11 is 0. The van der Waals surface area contributed by atoms with E-state index < -0.39 is 0 Å². The van der Waals surface area contributed by atoms with Gasteiger partial charge in [-0.1, -0.05) is 0 Å². The Hall–Kier alpha value is -1.13. The normalized spacial score (nSPS) is 23.2. The van der Waals surface area contributed by atoms with Gasteiger partial charge in [-0.2, -0.15) is 0 Å². The monoisotopic (exact) mass is 263 g/mol. The molecule has 0 spiro atoms. The van der Waals surface area contributed by atoms with Crippen molar-refractivity contribution in [1.29, 1.82) is 0 Å². The highest BCUT2D eigenvalue weighted by Crippen LogP contribution is 2.31. The van der Waals surface area contributed by atoms with Crippen LogP contribution in [0.25, 0.3) is 0 Å². The minimum atomic E-state index is -0.151. The molecule has 1 atom stereocenters. The van der Waals surface area contributed by atoms with Crippen LogP contribution in [-0.4, -0.2) is 29.3 Å². The van der Waals surface area contributed by atoms with E-state index >= 15 is 0 Å². The summed E-state index contributed by atoms with van der Waals surface area (Å²) in [6.07, 6.45) is 1.91. The van der Waals surface area contributed by atoms with E-state index in [0.29, 0.717) is 0 Å². The fourth-order valence-corrected chi connectivity index (χ4v) is 2.82. The average Bonchev–Trinajstić information content (AvgIpc) is 2.25. The second-order valence-corrected chi connectivity index (χ2v) is 6.71. The highest BCUT2D eigenvalue weighted by molar-refractivity contribution is 5.46. The van der Waals surface area contributed by atoms with Crippen LogP contribution in [0.1, 0.15) is 46.4 Å². The Kier molecular flexibility index (Phi) is 3.58. The molecule has 0 unspecified atom stereocenters. The number of nitrogens with zero attached hydrogens (tertiary/aromatic N) is 2. The third-order valence-electron chi connectivity index (χ3n) is 3.30. The zero-order valence-electron chi connectivity index (χ0n) is 12.6. The molecular formula is C15H25N3O. The van der Waals surface area contributed by atoms with E-state index in [9.17, 15) is 0 Å². The molecule has 1 aromatic rings. The molecule has 0 amide bonds. The van der Waals surface area contributed by atoms with Crippen LogP contribution in [0.3, 0.4) is 0 Å². The molecular weight excluding hydrogens is 238 g/mol. The molecule has 2 heterocycles. The number of nitrogens with two attached hydrogens (primary N) is 1. The largest absolute Gasteiger partial charge is 0.366 e. The number of rotatable bonds is 2. The van der Waals surface area contributed by atoms with Gasteiger partial charge in [-0.3, -0.25) is 4.98 Å². The standard InChI is InChI=1S/C15H25N3O/c1-11(16)13-7-6-12(8-17-13)18-9-14(2,3)19-15(4,5)10-18/h6-8,11H,9-10,16H2,1-5H3/t11-/m1/s1. The minimum Gasteiger partial charge on any atom is -0.366 e. The van der Waals surface area contributed by atoms with Gasteiger partial charge in [0.2, 0.25) is 0 Å². The van der Waals surface area contributed by atoms with Crippen molar-refractivity contribution in [1.82, 2.24) is 4.98 Å². The van der Waals surface area contributed by atoms with Crippen LogP contribution in [-0.2, 0) is 4.74 Å². The van der Waals surface area contributed by atoms with E-state index in [2.05, 4.69) is 43.6 Å². The summed E-state index contributed by atoms with van der Waals surface area (Å²) in [7, 11) is 0. The zero-order chi connectivity index (χ0) is 14.3. The lowest BCUT2D eigenvalue weighted by atomic mass is 9.98. The number of hydrogen-bond donors (Lipinski definition) is 1. The summed E-state index contributed by atoms with van der Waals surface area (Å²) in [4.78, 5) is 6.78. The van der Waals surface area contributed by atoms with Crippen molar-refractivity contribution >= 4 is 5.69 Å². The lowest BCUT2D eigenvalue weighted by Gasteiger charge is -2.48. The van der Waals surface area contributed by atoms with E-state index in [0.717, 1.165) is 24.5 Å². The Balaban J connectivity index is 2.21. The first kappa shape index (κ1) is 14.3. The van der Waals surface area contributed by atoms with Crippen LogP contribution in [0, 0.1) is 0 Å². The predicted octanol–water partition coefficient (Wildman–Crippen LogP) is 2.50. The molecule has 1 aromatic heterocycles. The Labute approximate surface area is 116 Å². The van der Waals surface area contributed by atoms with Crippen molar-refractivity contribution in [2.75, 3.05) is 18.0 Å². The van der Waals surface area contributed by atoms with Crippen LogP contribution < -0.4 is 10.6 Å². The summed E-state index contributed by atoms with van der Waals surface area (Å²) in [5, 5.41) is 0. The first-order valence-electron chi connectivity index (χ1n) is 6.85. The number of anilines is 1. The van der Waals surface area contributed by atoms with Gasteiger partial charge < -0.3 is 15.4 Å². The van der Waals surface area contributed by atoms with Gasteiger partial charge in [0.15, 0.2) is 0 Å². The highest BCUT2D eigenvalue weighted by Gasteiger charge is 2.38. The maximum atomic E-state index is 6.09. The Morgan fingerprint density at radius 2 is 1.79 bits per heavy atom. The van der Waals surface area contributed by atoms with Crippen molar-refractivity contribution < 1.29 is 4.74 Å². The summed E-state index contributed by atoms with van der Waals surface area (Å²) in [5.74, 6) is 0. The first-order chi connectivity index (χ1) is 8.69. The maximum absolute atomic E-state index is 6.09. The zero-order valence-corrected chi connectivity index (χ0v) is 12.6. The van der Waals surface area contributed by atoms with Crippen molar-refractivity contribution in [3.63, 3.8) is 0 Å². The topological polar surface area (TPSA) is 51.4 Å². The predicted molar refractivity (Wildman–Crippen MR) is 78.3 cm³/mol. The summed E-state index contributed by atoms with van der Waals surface area (Å²) in [6.45, 7) is 12.2. The van der Waals surface area contributed by atoms with Gasteiger partial charge in [0.25, 0.3) is 0 Å². The number of aromatic nitrogens is 1. The van der Waals surface area contributed by atoms with Gasteiger partial charge in [-0.15, -0.1) is 0 Å². The Morgan fingerprint density at radius 1 is 1.21 bits per heavy atom. The lowest BCUT2D eigenvalue weighted by molar-refractivity contribution is -0.133. The third kappa shape index (κ3) is 3.45. The maximum Gasteiger partial charge on any atom is 0.0808 e. The van der Waals surface area contributed by atoms with Crippen LogP contribution in [0.4, 0.5) is 5.69 Å². The fraction of sp³-hybridized carbons (Fsp3) is 0.667. The van der Waals surface area contributed by atoms with Crippen LogP contribution in [0.15, 0.2) is 18.3 Å². The molecule has 0 aliphatic carbocycles. The van der Waals surface area contributed by atoms with Crippen LogP contribution in [0.2, 0.25) is 0 Å². The second-order valence-electron chi connectivity index (χ2n) is 6.71. The van der Waals surface area contributed by atoms with Gasteiger partial charge in [0.1, 0.15) is 0 Å². The van der Waals surface area contributed by atoms with Crippen LogP contribution >= 0.6 is 0 Å². The molecule has 19 heavy (non-hydrogen) atoms. The molecule has 1 fully saturated rings. The smallest absolute Gasteiger partial charge is 0.0808 e. The molecule has 0 radical (unpaired) electrons. The average molecular weight is 263 g/mol. The molecule has 1 saturated heterocycles. The lowest BCUT2D eigenvalue weighted by Crippen LogP contribution is -2.57.